The largest absolute Gasteiger partial charge is 0.328 e. The fraction of sp³-hybridized carbons (Fsp3) is 0.462. The quantitative estimate of drug-likeness (QED) is 0.868. The molecule has 0 bridgehead atoms. The van der Waals surface area contributed by atoms with E-state index in [1.807, 2.05) is 0 Å². The van der Waals surface area contributed by atoms with Gasteiger partial charge in [-0.3, -0.25) is 4.79 Å². The van der Waals surface area contributed by atoms with Gasteiger partial charge in [0, 0.05) is 12.0 Å². The first-order valence-corrected chi connectivity index (χ1v) is 6.45. The Bertz CT molecular complexity index is 445. The Hall–Kier alpha value is -1.13. The van der Waals surface area contributed by atoms with Crippen LogP contribution in [0.15, 0.2) is 18.2 Å². The average molecular weight is 271 g/mol. The molecule has 0 atom stereocenters. The molecule has 2 rings (SSSR count). The second-order valence-corrected chi connectivity index (χ2v) is 5.13. The van der Waals surface area contributed by atoms with Crippen LogP contribution in [-0.4, -0.2) is 11.9 Å². The van der Waals surface area contributed by atoms with Crippen LogP contribution in [0.3, 0.4) is 0 Å². The SMILES string of the molecule is N[C@H]1CC[C@H](C(=O)Nc2ccc(F)cc2Cl)CC1. The van der Waals surface area contributed by atoms with E-state index in [4.69, 9.17) is 17.3 Å². The van der Waals surface area contributed by atoms with Crippen molar-refractivity contribution in [3.63, 3.8) is 0 Å². The van der Waals surface area contributed by atoms with Gasteiger partial charge in [-0.1, -0.05) is 11.6 Å². The van der Waals surface area contributed by atoms with Crippen molar-refractivity contribution >= 4 is 23.2 Å². The summed E-state index contributed by atoms with van der Waals surface area (Å²) in [6.45, 7) is 0. The summed E-state index contributed by atoms with van der Waals surface area (Å²) >= 11 is 5.86. The number of halogens is 2. The number of hydrogen-bond donors (Lipinski definition) is 2. The molecule has 0 radical (unpaired) electrons. The van der Waals surface area contributed by atoms with Gasteiger partial charge in [-0.05, 0) is 43.9 Å². The number of rotatable bonds is 2. The lowest BCUT2D eigenvalue weighted by molar-refractivity contribution is -0.120. The Morgan fingerprint density at radius 2 is 2.00 bits per heavy atom. The summed E-state index contributed by atoms with van der Waals surface area (Å²) in [6, 6.07) is 4.15. The number of carbonyl (C=O) groups excluding carboxylic acids is 1. The first kappa shape index (κ1) is 13.3. The number of carbonyl (C=O) groups is 1. The van der Waals surface area contributed by atoms with Crippen molar-refractivity contribution in [3.8, 4) is 0 Å². The third kappa shape index (κ3) is 3.21. The predicted octanol–water partition coefficient (Wildman–Crippen LogP) is 2.94. The smallest absolute Gasteiger partial charge is 0.227 e. The maximum absolute atomic E-state index is 12.9. The molecule has 1 aliphatic carbocycles. The lowest BCUT2D eigenvalue weighted by Crippen LogP contribution is -2.32. The highest BCUT2D eigenvalue weighted by molar-refractivity contribution is 6.33. The highest BCUT2D eigenvalue weighted by atomic mass is 35.5. The molecule has 1 fully saturated rings. The Morgan fingerprint density at radius 3 is 2.61 bits per heavy atom. The second kappa shape index (κ2) is 5.67. The van der Waals surface area contributed by atoms with Crippen molar-refractivity contribution in [1.29, 1.82) is 0 Å². The van der Waals surface area contributed by atoms with Gasteiger partial charge in [0.25, 0.3) is 0 Å². The molecule has 0 heterocycles. The van der Waals surface area contributed by atoms with Gasteiger partial charge in [-0.2, -0.15) is 0 Å². The van der Waals surface area contributed by atoms with E-state index in [0.717, 1.165) is 25.7 Å². The van der Waals surface area contributed by atoms with Crippen LogP contribution in [0.5, 0.6) is 0 Å². The summed E-state index contributed by atoms with van der Waals surface area (Å²) < 4.78 is 12.9. The minimum atomic E-state index is -0.415. The third-order valence-corrected chi connectivity index (χ3v) is 3.64. The number of anilines is 1. The minimum absolute atomic E-state index is 0.0223. The number of amides is 1. The van der Waals surface area contributed by atoms with Crippen LogP contribution < -0.4 is 11.1 Å². The first-order chi connectivity index (χ1) is 8.56. The van der Waals surface area contributed by atoms with Crippen molar-refractivity contribution < 1.29 is 9.18 Å². The molecule has 0 spiro atoms. The van der Waals surface area contributed by atoms with Gasteiger partial charge < -0.3 is 11.1 Å². The van der Waals surface area contributed by atoms with Crippen molar-refractivity contribution in [3.05, 3.63) is 29.0 Å². The maximum Gasteiger partial charge on any atom is 0.227 e. The molecule has 1 saturated carbocycles. The Balaban J connectivity index is 1.98. The van der Waals surface area contributed by atoms with E-state index in [1.165, 1.54) is 18.2 Å². The molecule has 3 N–H and O–H groups in total. The van der Waals surface area contributed by atoms with Gasteiger partial charge in [0.05, 0.1) is 10.7 Å². The second-order valence-electron chi connectivity index (χ2n) is 4.73. The maximum atomic E-state index is 12.9. The van der Waals surface area contributed by atoms with Gasteiger partial charge in [-0.15, -0.1) is 0 Å². The molecule has 98 valence electrons. The van der Waals surface area contributed by atoms with Gasteiger partial charge in [0.1, 0.15) is 5.82 Å². The zero-order valence-corrected chi connectivity index (χ0v) is 10.7. The van der Waals surface area contributed by atoms with Crippen LogP contribution in [0.4, 0.5) is 10.1 Å². The molecule has 18 heavy (non-hydrogen) atoms. The highest BCUT2D eigenvalue weighted by Crippen LogP contribution is 2.27. The van der Waals surface area contributed by atoms with Crippen molar-refractivity contribution in [2.45, 2.75) is 31.7 Å². The van der Waals surface area contributed by atoms with Gasteiger partial charge in [0.15, 0.2) is 0 Å². The summed E-state index contributed by atoms with van der Waals surface area (Å²) in [5.41, 5.74) is 6.25. The van der Waals surface area contributed by atoms with Crippen LogP contribution in [0.2, 0.25) is 5.02 Å². The summed E-state index contributed by atoms with van der Waals surface area (Å²) in [7, 11) is 0. The van der Waals surface area contributed by atoms with Crippen LogP contribution in [0.1, 0.15) is 25.7 Å². The minimum Gasteiger partial charge on any atom is -0.328 e. The van der Waals surface area contributed by atoms with E-state index in [2.05, 4.69) is 5.32 Å². The van der Waals surface area contributed by atoms with E-state index in [9.17, 15) is 9.18 Å². The molecule has 1 amide bonds. The number of benzene rings is 1. The van der Waals surface area contributed by atoms with E-state index >= 15 is 0 Å². The molecule has 0 aromatic heterocycles. The molecule has 5 heteroatoms. The van der Waals surface area contributed by atoms with Crippen LogP contribution in [-0.2, 0) is 4.79 Å². The van der Waals surface area contributed by atoms with Crippen molar-refractivity contribution in [2.75, 3.05) is 5.32 Å². The monoisotopic (exact) mass is 270 g/mol. The van der Waals surface area contributed by atoms with Gasteiger partial charge >= 0.3 is 0 Å². The molecule has 0 aliphatic heterocycles. The van der Waals surface area contributed by atoms with E-state index in [0.29, 0.717) is 5.69 Å². The topological polar surface area (TPSA) is 55.1 Å². The molecule has 1 aromatic carbocycles. The van der Waals surface area contributed by atoms with E-state index in [-0.39, 0.29) is 22.9 Å². The summed E-state index contributed by atoms with van der Waals surface area (Å²) in [5.74, 6) is -0.497. The fourth-order valence-electron chi connectivity index (χ4n) is 2.21. The molecular weight excluding hydrogens is 255 g/mol. The standard InChI is InChI=1S/C13H16ClFN2O/c14-11-7-9(15)3-6-12(11)17-13(18)8-1-4-10(16)5-2-8/h3,6-8,10H,1-2,4-5,16H2,(H,17,18)/t8-,10-. The molecule has 0 saturated heterocycles. The normalized spacial score (nSPS) is 23.7. The van der Waals surface area contributed by atoms with Gasteiger partial charge in [0.2, 0.25) is 5.91 Å². The average Bonchev–Trinajstić information content (AvgIpc) is 2.33. The van der Waals surface area contributed by atoms with Crippen molar-refractivity contribution in [2.24, 2.45) is 11.7 Å². The molecule has 3 nitrogen and oxygen atoms in total. The van der Waals surface area contributed by atoms with Gasteiger partial charge in [-0.25, -0.2) is 4.39 Å². The molecule has 1 aromatic rings. The predicted molar refractivity (Wildman–Crippen MR) is 70.0 cm³/mol. The molecule has 0 unspecified atom stereocenters. The van der Waals surface area contributed by atoms with Crippen LogP contribution >= 0.6 is 11.6 Å². The van der Waals surface area contributed by atoms with Crippen molar-refractivity contribution in [1.82, 2.24) is 0 Å². The Labute approximate surface area is 111 Å². The Morgan fingerprint density at radius 1 is 1.33 bits per heavy atom. The summed E-state index contributed by atoms with van der Waals surface area (Å²) in [4.78, 5) is 12.0. The fourth-order valence-corrected chi connectivity index (χ4v) is 2.42. The highest BCUT2D eigenvalue weighted by Gasteiger charge is 2.24. The number of hydrogen-bond acceptors (Lipinski definition) is 2. The zero-order chi connectivity index (χ0) is 13.1. The lowest BCUT2D eigenvalue weighted by Gasteiger charge is -2.25. The Kier molecular flexibility index (Phi) is 4.19. The summed E-state index contributed by atoms with van der Waals surface area (Å²) in [6.07, 6.45) is 3.34. The lowest BCUT2D eigenvalue weighted by atomic mass is 9.86. The first-order valence-electron chi connectivity index (χ1n) is 6.08. The van der Waals surface area contributed by atoms with Crippen LogP contribution in [0.25, 0.3) is 0 Å². The summed E-state index contributed by atoms with van der Waals surface area (Å²) in [5, 5.41) is 2.96. The molecular formula is C13H16ClFN2O. The molecule has 1 aliphatic rings. The number of nitrogens with two attached hydrogens (primary N) is 1. The number of nitrogens with one attached hydrogen (secondary N) is 1. The van der Waals surface area contributed by atoms with E-state index < -0.39 is 5.82 Å². The van der Waals surface area contributed by atoms with Crippen LogP contribution in [0, 0.1) is 11.7 Å². The third-order valence-electron chi connectivity index (χ3n) is 3.33. The zero-order valence-electron chi connectivity index (χ0n) is 9.96. The van der Waals surface area contributed by atoms with E-state index in [1.54, 1.807) is 0 Å².